The van der Waals surface area contributed by atoms with Gasteiger partial charge in [-0.1, -0.05) is 38.3 Å². The van der Waals surface area contributed by atoms with Crippen LogP contribution in [0, 0.1) is 5.82 Å². The molecule has 2 nitrogen and oxygen atoms in total. The molecule has 1 aliphatic carbocycles. The Hall–Kier alpha value is -1.38. The normalized spacial score (nSPS) is 16.1. The van der Waals surface area contributed by atoms with Crippen molar-refractivity contribution in [3.63, 3.8) is 0 Å². The Kier molecular flexibility index (Phi) is 4.56. The minimum Gasteiger partial charge on any atom is -0.355 e. The molecule has 1 saturated carbocycles. The molecule has 1 N–H and O–H groups in total. The Morgan fingerprint density at radius 2 is 1.89 bits per heavy atom. The molecule has 1 aliphatic rings. The summed E-state index contributed by atoms with van der Waals surface area (Å²) < 4.78 is 12.9. The number of carbonyl (C=O) groups is 1. The van der Waals surface area contributed by atoms with Crippen molar-refractivity contribution in [3.05, 3.63) is 35.6 Å². The molecule has 19 heavy (non-hydrogen) atoms. The van der Waals surface area contributed by atoms with Crippen molar-refractivity contribution in [3.8, 4) is 0 Å². The first-order valence-electron chi connectivity index (χ1n) is 7.23. The molecule has 1 aromatic rings. The van der Waals surface area contributed by atoms with Crippen molar-refractivity contribution < 1.29 is 9.18 Å². The van der Waals surface area contributed by atoms with Crippen LogP contribution in [0.4, 0.5) is 4.39 Å². The van der Waals surface area contributed by atoms with Gasteiger partial charge in [0, 0.05) is 6.54 Å². The van der Waals surface area contributed by atoms with Crippen LogP contribution >= 0.6 is 0 Å². The Morgan fingerprint density at radius 1 is 1.21 bits per heavy atom. The van der Waals surface area contributed by atoms with Gasteiger partial charge in [-0.25, -0.2) is 4.39 Å². The fraction of sp³-hybridized carbons (Fsp3) is 0.562. The fourth-order valence-electron chi connectivity index (χ4n) is 2.46. The summed E-state index contributed by atoms with van der Waals surface area (Å²) >= 11 is 0. The number of benzene rings is 1. The van der Waals surface area contributed by atoms with E-state index < -0.39 is 0 Å². The minimum atomic E-state index is -0.377. The van der Waals surface area contributed by atoms with Gasteiger partial charge in [-0.05, 0) is 37.0 Å². The number of nitrogens with one attached hydrogen (secondary N) is 1. The van der Waals surface area contributed by atoms with E-state index in [1.807, 2.05) is 0 Å². The largest absolute Gasteiger partial charge is 0.355 e. The molecule has 1 amide bonds. The van der Waals surface area contributed by atoms with Crippen molar-refractivity contribution >= 4 is 5.91 Å². The number of hydrogen-bond acceptors (Lipinski definition) is 1. The third-order valence-electron chi connectivity index (χ3n) is 3.90. The first-order valence-corrected chi connectivity index (χ1v) is 7.23. The van der Waals surface area contributed by atoms with Crippen molar-refractivity contribution in [1.82, 2.24) is 5.32 Å². The van der Waals surface area contributed by atoms with Crippen LogP contribution in [0.15, 0.2) is 24.3 Å². The summed E-state index contributed by atoms with van der Waals surface area (Å²) in [5.74, 6) is -0.143. The van der Waals surface area contributed by atoms with Crippen LogP contribution in [0.5, 0.6) is 0 Å². The zero-order valence-electron chi connectivity index (χ0n) is 11.5. The van der Waals surface area contributed by atoms with E-state index >= 15 is 0 Å². The van der Waals surface area contributed by atoms with E-state index in [2.05, 4.69) is 12.2 Å². The maximum Gasteiger partial charge on any atom is 0.230 e. The van der Waals surface area contributed by atoms with Crippen LogP contribution in [-0.2, 0) is 10.2 Å². The molecule has 0 aromatic heterocycles. The lowest BCUT2D eigenvalue weighted by Gasteiger charge is -2.15. The predicted molar refractivity (Wildman–Crippen MR) is 74.5 cm³/mol. The zero-order valence-corrected chi connectivity index (χ0v) is 11.5. The maximum absolute atomic E-state index is 12.9. The van der Waals surface area contributed by atoms with E-state index in [9.17, 15) is 9.18 Å². The number of halogens is 1. The number of rotatable bonds is 7. The standard InChI is InChI=1S/C16H22FNO/c1-2-3-4-5-12-18-15(19)16(10-11-16)13-6-8-14(17)9-7-13/h6-9H,2-5,10-12H2,1H3,(H,18,19). The molecule has 104 valence electrons. The fourth-order valence-corrected chi connectivity index (χ4v) is 2.46. The van der Waals surface area contributed by atoms with Crippen molar-refractivity contribution in [2.75, 3.05) is 6.54 Å². The number of amides is 1. The minimum absolute atomic E-state index is 0.107. The summed E-state index contributed by atoms with van der Waals surface area (Å²) in [4.78, 5) is 12.2. The molecule has 0 radical (unpaired) electrons. The monoisotopic (exact) mass is 263 g/mol. The van der Waals surface area contributed by atoms with E-state index in [0.29, 0.717) is 0 Å². The second kappa shape index (κ2) is 6.18. The van der Waals surface area contributed by atoms with Crippen LogP contribution in [0.1, 0.15) is 51.0 Å². The molecule has 2 rings (SSSR count). The van der Waals surface area contributed by atoms with Crippen LogP contribution in [0.25, 0.3) is 0 Å². The summed E-state index contributed by atoms with van der Waals surface area (Å²) in [5, 5.41) is 3.02. The summed E-state index contributed by atoms with van der Waals surface area (Å²) in [6.45, 7) is 2.92. The molecular weight excluding hydrogens is 241 g/mol. The van der Waals surface area contributed by atoms with Crippen molar-refractivity contribution in [2.24, 2.45) is 0 Å². The van der Waals surface area contributed by atoms with Crippen LogP contribution in [0.3, 0.4) is 0 Å². The molecule has 3 heteroatoms. The highest BCUT2D eigenvalue weighted by atomic mass is 19.1. The van der Waals surface area contributed by atoms with Gasteiger partial charge >= 0.3 is 0 Å². The Balaban J connectivity index is 1.86. The van der Waals surface area contributed by atoms with Gasteiger partial charge in [0.15, 0.2) is 0 Å². The second-order valence-electron chi connectivity index (χ2n) is 5.41. The predicted octanol–water partition coefficient (Wildman–Crippen LogP) is 3.55. The second-order valence-corrected chi connectivity index (χ2v) is 5.41. The molecule has 0 atom stereocenters. The van der Waals surface area contributed by atoms with Gasteiger partial charge in [0.05, 0.1) is 5.41 Å². The average molecular weight is 263 g/mol. The van der Waals surface area contributed by atoms with Gasteiger partial charge in [0.25, 0.3) is 0 Å². The van der Waals surface area contributed by atoms with Crippen LogP contribution < -0.4 is 5.32 Å². The van der Waals surface area contributed by atoms with E-state index in [4.69, 9.17) is 0 Å². The summed E-state index contributed by atoms with van der Waals surface area (Å²) in [5.41, 5.74) is 0.568. The van der Waals surface area contributed by atoms with Gasteiger partial charge in [-0.2, -0.15) is 0 Å². The van der Waals surface area contributed by atoms with Crippen LogP contribution in [-0.4, -0.2) is 12.5 Å². The van der Waals surface area contributed by atoms with Gasteiger partial charge in [0.1, 0.15) is 5.82 Å². The molecule has 0 unspecified atom stereocenters. The van der Waals surface area contributed by atoms with E-state index in [0.717, 1.165) is 31.4 Å². The maximum atomic E-state index is 12.9. The third kappa shape index (κ3) is 3.34. The molecule has 0 aliphatic heterocycles. The van der Waals surface area contributed by atoms with E-state index in [1.54, 1.807) is 12.1 Å². The SMILES string of the molecule is CCCCCCNC(=O)C1(c2ccc(F)cc2)CC1. The lowest BCUT2D eigenvalue weighted by Crippen LogP contribution is -2.35. The Labute approximate surface area is 114 Å². The van der Waals surface area contributed by atoms with E-state index in [1.165, 1.54) is 31.4 Å². The lowest BCUT2D eigenvalue weighted by atomic mass is 9.95. The van der Waals surface area contributed by atoms with Gasteiger partial charge in [-0.3, -0.25) is 4.79 Å². The highest BCUT2D eigenvalue weighted by Gasteiger charge is 2.50. The highest BCUT2D eigenvalue weighted by molar-refractivity contribution is 5.91. The van der Waals surface area contributed by atoms with Crippen molar-refractivity contribution in [2.45, 2.75) is 50.9 Å². The van der Waals surface area contributed by atoms with Crippen LogP contribution in [0.2, 0.25) is 0 Å². The molecule has 0 bridgehead atoms. The van der Waals surface area contributed by atoms with Gasteiger partial charge < -0.3 is 5.32 Å². The average Bonchev–Trinajstić information content (AvgIpc) is 3.21. The molecular formula is C16H22FNO. The Bertz CT molecular complexity index is 423. The number of carbonyl (C=O) groups excluding carboxylic acids is 1. The topological polar surface area (TPSA) is 29.1 Å². The Morgan fingerprint density at radius 3 is 2.47 bits per heavy atom. The smallest absolute Gasteiger partial charge is 0.230 e. The van der Waals surface area contributed by atoms with Gasteiger partial charge in [0.2, 0.25) is 5.91 Å². The summed E-state index contributed by atoms with van der Waals surface area (Å²) in [7, 11) is 0. The number of unbranched alkanes of at least 4 members (excludes halogenated alkanes) is 3. The first kappa shape index (κ1) is 14.0. The lowest BCUT2D eigenvalue weighted by molar-refractivity contribution is -0.123. The quantitative estimate of drug-likeness (QED) is 0.749. The first-order chi connectivity index (χ1) is 9.19. The van der Waals surface area contributed by atoms with Crippen molar-refractivity contribution in [1.29, 1.82) is 0 Å². The summed E-state index contributed by atoms with van der Waals surface area (Å²) in [6, 6.07) is 6.34. The molecule has 0 spiro atoms. The zero-order chi connectivity index (χ0) is 13.7. The molecule has 0 heterocycles. The summed E-state index contributed by atoms with van der Waals surface area (Å²) in [6.07, 6.45) is 6.38. The molecule has 1 fully saturated rings. The van der Waals surface area contributed by atoms with E-state index in [-0.39, 0.29) is 17.1 Å². The molecule has 0 saturated heterocycles. The molecule has 1 aromatic carbocycles. The third-order valence-corrected chi connectivity index (χ3v) is 3.90. The highest BCUT2D eigenvalue weighted by Crippen LogP contribution is 2.48. The number of hydrogen-bond donors (Lipinski definition) is 1. The van der Waals surface area contributed by atoms with Gasteiger partial charge in [-0.15, -0.1) is 0 Å².